The molecule has 0 bridgehead atoms. The van der Waals surface area contributed by atoms with E-state index >= 15 is 0 Å². The molecule has 7 heteroatoms. The van der Waals surface area contributed by atoms with Crippen molar-refractivity contribution in [1.82, 2.24) is 0 Å². The number of hydrogen-bond donors (Lipinski definition) is 4. The number of thioether (sulfide) groups is 2. The lowest BCUT2D eigenvalue weighted by molar-refractivity contribution is 0.167. The minimum absolute atomic E-state index is 0.740. The van der Waals surface area contributed by atoms with Crippen molar-refractivity contribution in [3.63, 3.8) is 0 Å². The second-order valence-electron chi connectivity index (χ2n) is 2.73. The molecule has 0 heterocycles. The van der Waals surface area contributed by atoms with Crippen molar-refractivity contribution in [3.8, 4) is 0 Å². The molecule has 0 aliphatic carbocycles. The molecule has 0 rings (SSSR count). The molecule has 1 nitrogen and oxygen atoms in total. The minimum Gasteiger partial charge on any atom is -0.380 e. The zero-order valence-corrected chi connectivity index (χ0v) is 15.3. The minimum atomic E-state index is 0.740. The average molecular weight is 353 g/mol. The zero-order valence-electron chi connectivity index (χ0n) is 10.1. The molecule has 106 valence electrons. The third-order valence-corrected chi connectivity index (χ3v) is 4.96. The maximum absolute atomic E-state index is 4.98. The van der Waals surface area contributed by atoms with Gasteiger partial charge in [-0.15, -0.1) is 0 Å². The molecule has 0 saturated heterocycles. The summed E-state index contributed by atoms with van der Waals surface area (Å²) in [4.78, 5) is 0. The molecule has 0 N–H and O–H groups in total. The third-order valence-electron chi connectivity index (χ3n) is 1.31. The Morgan fingerprint density at radius 1 is 0.588 bits per heavy atom. The van der Waals surface area contributed by atoms with Gasteiger partial charge < -0.3 is 4.74 Å². The Kier molecular flexibility index (Phi) is 29.1. The Balaban J connectivity index is 0. The van der Waals surface area contributed by atoms with Gasteiger partial charge in [-0.05, 0) is 11.5 Å². The Hall–Kier alpha value is 2.06. The highest BCUT2D eigenvalue weighted by atomic mass is 32.2. The Morgan fingerprint density at radius 3 is 1.29 bits per heavy atom. The molecular formula is C10H24OS6. The summed E-state index contributed by atoms with van der Waals surface area (Å²) in [6, 6.07) is 0. The molecule has 0 aliphatic rings. The largest absolute Gasteiger partial charge is 0.380 e. The van der Waals surface area contributed by atoms with Gasteiger partial charge in [0.1, 0.15) is 0 Å². The van der Waals surface area contributed by atoms with Crippen LogP contribution >= 0.6 is 74.0 Å². The molecule has 0 radical (unpaired) electrons. The Morgan fingerprint density at radius 2 is 1.00 bits per heavy atom. The van der Waals surface area contributed by atoms with E-state index in [1.807, 2.05) is 23.5 Å². The predicted octanol–water partition coefficient (Wildman–Crippen LogP) is 3.18. The van der Waals surface area contributed by atoms with E-state index in [-0.39, 0.29) is 0 Å². The average Bonchev–Trinajstić information content (AvgIpc) is 2.35. The summed E-state index contributed by atoms with van der Waals surface area (Å²) in [7, 11) is 0. The number of rotatable bonds is 11. The van der Waals surface area contributed by atoms with E-state index in [9.17, 15) is 0 Å². The van der Waals surface area contributed by atoms with E-state index in [0.717, 1.165) is 36.2 Å². The smallest absolute Gasteiger partial charge is 0.0554 e. The first-order valence-electron chi connectivity index (χ1n) is 5.50. The van der Waals surface area contributed by atoms with E-state index in [1.165, 1.54) is 23.0 Å². The summed E-state index contributed by atoms with van der Waals surface area (Å²) in [6.45, 7) is 1.48. The molecular weight excluding hydrogens is 329 g/mol. The number of hydrogen-bond acceptors (Lipinski definition) is 7. The van der Waals surface area contributed by atoms with Crippen LogP contribution in [0.4, 0.5) is 0 Å². The lowest BCUT2D eigenvalue weighted by Gasteiger charge is -1.97. The zero-order chi connectivity index (χ0) is 13.2. The highest BCUT2D eigenvalue weighted by Gasteiger charge is 1.88. The molecule has 0 spiro atoms. The second-order valence-corrected chi connectivity index (χ2v) is 6.97. The van der Waals surface area contributed by atoms with E-state index in [4.69, 9.17) is 4.74 Å². The highest BCUT2D eigenvalue weighted by molar-refractivity contribution is 8.03. The number of thiol groups is 4. The van der Waals surface area contributed by atoms with Crippen molar-refractivity contribution in [2.75, 3.05) is 59.2 Å². The maximum Gasteiger partial charge on any atom is 0.0554 e. The molecule has 0 unspecified atom stereocenters. The van der Waals surface area contributed by atoms with E-state index in [2.05, 4.69) is 50.5 Å². The van der Waals surface area contributed by atoms with Gasteiger partial charge in [0.2, 0.25) is 0 Å². The van der Waals surface area contributed by atoms with Crippen molar-refractivity contribution in [3.05, 3.63) is 0 Å². The molecule has 17 heavy (non-hydrogen) atoms. The summed E-state index contributed by atoms with van der Waals surface area (Å²) in [5, 5.41) is 0. The molecule has 0 atom stereocenters. The van der Waals surface area contributed by atoms with Crippen LogP contribution in [-0.4, -0.2) is 59.2 Å². The second kappa shape index (κ2) is 23.2. The van der Waals surface area contributed by atoms with Gasteiger partial charge in [-0.2, -0.15) is 74.0 Å². The van der Waals surface area contributed by atoms with Crippen LogP contribution in [0, 0.1) is 0 Å². The van der Waals surface area contributed by atoms with Crippen LogP contribution in [-0.2, 0) is 4.74 Å². The summed E-state index contributed by atoms with van der Waals surface area (Å²) >= 11 is 20.1. The lowest BCUT2D eigenvalue weighted by atomic mass is 10.8. The first kappa shape index (κ1) is 21.4. The van der Waals surface area contributed by atoms with Crippen molar-refractivity contribution in [2.45, 2.75) is 0 Å². The van der Waals surface area contributed by atoms with Crippen LogP contribution in [0.15, 0.2) is 0 Å². The standard InChI is InChI=1S/C6H14S4.C4H10OS2/c7-1-3-9-5-6-10-4-2-8;6-3-1-5-2-4-7/h7-8H,1-6H2;6-7H,1-4H2. The summed E-state index contributed by atoms with van der Waals surface area (Å²) in [6.07, 6.45) is 0. The van der Waals surface area contributed by atoms with Crippen LogP contribution in [0.3, 0.4) is 0 Å². The molecule has 0 fully saturated rings. The van der Waals surface area contributed by atoms with Crippen molar-refractivity contribution in [2.24, 2.45) is 0 Å². The van der Waals surface area contributed by atoms with Crippen LogP contribution < -0.4 is 0 Å². The topological polar surface area (TPSA) is 9.23 Å². The van der Waals surface area contributed by atoms with Gasteiger partial charge in [0, 0.05) is 34.5 Å². The predicted molar refractivity (Wildman–Crippen MR) is 101 cm³/mol. The van der Waals surface area contributed by atoms with Crippen LogP contribution in [0.5, 0.6) is 0 Å². The van der Waals surface area contributed by atoms with E-state index in [1.54, 1.807) is 0 Å². The van der Waals surface area contributed by atoms with Crippen molar-refractivity contribution >= 4 is 74.0 Å². The fourth-order valence-corrected chi connectivity index (χ4v) is 3.32. The van der Waals surface area contributed by atoms with Crippen LogP contribution in [0.25, 0.3) is 0 Å². The van der Waals surface area contributed by atoms with Gasteiger partial charge in [0.05, 0.1) is 13.2 Å². The molecule has 0 saturated carbocycles. The molecule has 0 aromatic carbocycles. The maximum atomic E-state index is 4.98. The van der Waals surface area contributed by atoms with Crippen molar-refractivity contribution < 1.29 is 4.74 Å². The summed E-state index contributed by atoms with van der Waals surface area (Å²) in [5.41, 5.74) is 0. The van der Waals surface area contributed by atoms with E-state index < -0.39 is 0 Å². The monoisotopic (exact) mass is 352 g/mol. The number of ether oxygens (including phenoxy) is 1. The fourth-order valence-electron chi connectivity index (χ4n) is 0.682. The Bertz CT molecular complexity index is 105. The Labute approximate surface area is 137 Å². The fraction of sp³-hybridized carbons (Fsp3) is 1.00. The first-order chi connectivity index (χ1) is 8.33. The quantitative estimate of drug-likeness (QED) is 0.336. The lowest BCUT2D eigenvalue weighted by Crippen LogP contribution is -1.97. The summed E-state index contributed by atoms with van der Waals surface area (Å²) in [5.74, 6) is 8.50. The van der Waals surface area contributed by atoms with Gasteiger partial charge >= 0.3 is 0 Å². The van der Waals surface area contributed by atoms with Gasteiger partial charge in [-0.1, -0.05) is 0 Å². The highest BCUT2D eigenvalue weighted by Crippen LogP contribution is 2.06. The molecule has 0 aromatic heterocycles. The summed E-state index contributed by atoms with van der Waals surface area (Å²) < 4.78 is 4.98. The third kappa shape index (κ3) is 27.3. The normalized spacial score (nSPS) is 9.88. The molecule has 0 aliphatic heterocycles. The molecule has 0 amide bonds. The van der Waals surface area contributed by atoms with Gasteiger partial charge in [-0.3, -0.25) is 0 Å². The molecule has 0 aromatic rings. The SMILES string of the molecule is SCCOCCS.SCCSCCSCCS. The van der Waals surface area contributed by atoms with Gasteiger partial charge in [0.15, 0.2) is 0 Å². The van der Waals surface area contributed by atoms with Gasteiger partial charge in [0.25, 0.3) is 0 Å². The van der Waals surface area contributed by atoms with Crippen molar-refractivity contribution in [1.29, 1.82) is 0 Å². The van der Waals surface area contributed by atoms with Crippen LogP contribution in [0.2, 0.25) is 0 Å². The van der Waals surface area contributed by atoms with Gasteiger partial charge in [-0.25, -0.2) is 0 Å². The van der Waals surface area contributed by atoms with E-state index in [0.29, 0.717) is 0 Å². The first-order valence-corrected chi connectivity index (χ1v) is 10.3. The van der Waals surface area contributed by atoms with Crippen LogP contribution in [0.1, 0.15) is 0 Å².